The Morgan fingerprint density at radius 2 is 1.87 bits per heavy atom. The van der Waals surface area contributed by atoms with Crippen LogP contribution in [-0.2, 0) is 17.3 Å². The second kappa shape index (κ2) is 5.65. The van der Waals surface area contributed by atoms with Crippen LogP contribution in [-0.4, -0.2) is 38.3 Å². The summed E-state index contributed by atoms with van der Waals surface area (Å²) < 4.78 is 55.6. The van der Waals surface area contributed by atoms with Crippen molar-refractivity contribution in [2.75, 3.05) is 0 Å². The van der Waals surface area contributed by atoms with E-state index in [9.17, 15) is 17.4 Å². The maximum absolute atomic E-state index is 12.1. The summed E-state index contributed by atoms with van der Waals surface area (Å²) >= 11 is 2.90. The molecule has 1 radical (unpaired) electrons. The van der Waals surface area contributed by atoms with E-state index in [4.69, 9.17) is 16.2 Å². The van der Waals surface area contributed by atoms with E-state index in [2.05, 4.69) is 0 Å². The Bertz CT molecular complexity index is 383. The summed E-state index contributed by atoms with van der Waals surface area (Å²) in [5.74, 6) is 0. The van der Waals surface area contributed by atoms with E-state index in [0.29, 0.717) is 6.07 Å². The predicted octanol–water partition coefficient (Wildman–Crippen LogP) is 2.56. The van der Waals surface area contributed by atoms with E-state index in [1.807, 2.05) is 0 Å². The Labute approximate surface area is 113 Å². The largest absolute Gasteiger partial charge is 0.416 e. The van der Waals surface area contributed by atoms with Crippen molar-refractivity contribution < 1.29 is 21.9 Å². The molecule has 0 amide bonds. The van der Waals surface area contributed by atoms with Crippen molar-refractivity contribution >= 4 is 52.2 Å². The molecule has 1 aromatic carbocycles. The van der Waals surface area contributed by atoms with Crippen LogP contribution in [0, 0.1) is 0 Å². The topological polar surface area (TPSA) is 37.3 Å². The predicted molar refractivity (Wildman–Crippen MR) is 51.2 cm³/mol. The number of halogens is 4. The van der Waals surface area contributed by atoms with Crippen molar-refractivity contribution in [1.82, 2.24) is 0 Å². The van der Waals surface area contributed by atoms with Gasteiger partial charge in [0.05, 0.1) is 15.5 Å². The molecule has 0 saturated carbocycles. The fraction of sp³-hybridized carbons (Fsp3) is 0.143. The Morgan fingerprint density at radius 3 is 2.27 bits per heavy atom. The molecule has 1 N–H and O–H groups in total. The van der Waals surface area contributed by atoms with Gasteiger partial charge in [0.1, 0.15) is 0 Å². The first-order valence-electron chi connectivity index (χ1n) is 3.30. The second-order valence-corrected chi connectivity index (χ2v) is 3.74. The van der Waals surface area contributed by atoms with Gasteiger partial charge < -0.3 is 4.55 Å². The molecule has 1 aromatic rings. The van der Waals surface area contributed by atoms with Gasteiger partial charge in [-0.3, -0.25) is 0 Å². The number of alkyl halides is 3. The fourth-order valence-electron chi connectivity index (χ4n) is 0.814. The number of hydrogen-bond acceptors (Lipinski definition) is 1. The summed E-state index contributed by atoms with van der Waals surface area (Å²) in [6.07, 6.45) is -4.54. The van der Waals surface area contributed by atoms with Crippen LogP contribution in [0.2, 0.25) is 5.02 Å². The first-order valence-corrected chi connectivity index (χ1v) is 4.78. The molecule has 2 nitrogen and oxygen atoms in total. The van der Waals surface area contributed by atoms with Gasteiger partial charge in [0.2, 0.25) is 0 Å². The van der Waals surface area contributed by atoms with E-state index < -0.39 is 27.7 Å². The first kappa shape index (κ1) is 15.4. The molecule has 15 heavy (non-hydrogen) atoms. The molecule has 79 valence electrons. The molecule has 1 unspecified atom stereocenters. The first-order chi connectivity index (χ1) is 6.32. The van der Waals surface area contributed by atoms with E-state index in [1.165, 1.54) is 0 Å². The summed E-state index contributed by atoms with van der Waals surface area (Å²) in [6, 6.07) is 2.24. The Kier molecular flexibility index (Phi) is 5.81. The van der Waals surface area contributed by atoms with Crippen LogP contribution in [0.15, 0.2) is 23.1 Å². The SMILES string of the molecule is O=S(O)c1cc(C(F)(F)F)ccc1Cl.[Na]. The molecular weight excluding hydrogens is 264 g/mol. The zero-order chi connectivity index (χ0) is 10.9. The average Bonchev–Trinajstić information content (AvgIpc) is 2.02. The third-order valence-corrected chi connectivity index (χ3v) is 2.60. The van der Waals surface area contributed by atoms with Crippen LogP contribution >= 0.6 is 11.6 Å². The molecule has 0 aromatic heterocycles. The smallest absolute Gasteiger partial charge is 0.302 e. The van der Waals surface area contributed by atoms with Gasteiger partial charge in [0, 0.05) is 29.6 Å². The summed E-state index contributed by atoms with van der Waals surface area (Å²) in [7, 11) is 0. The summed E-state index contributed by atoms with van der Waals surface area (Å²) in [4.78, 5) is -0.443. The molecule has 0 bridgehead atoms. The Hall–Kier alpha value is 0.410. The molecule has 0 saturated heterocycles. The monoisotopic (exact) mass is 267 g/mol. The summed E-state index contributed by atoms with van der Waals surface area (Å²) in [5.41, 5.74) is -1.00. The normalized spacial score (nSPS) is 13.1. The van der Waals surface area contributed by atoms with E-state index >= 15 is 0 Å². The maximum Gasteiger partial charge on any atom is 0.416 e. The van der Waals surface area contributed by atoms with E-state index in [0.717, 1.165) is 12.1 Å². The summed E-state index contributed by atoms with van der Waals surface area (Å²) in [5, 5.41) is -0.168. The van der Waals surface area contributed by atoms with Crippen molar-refractivity contribution in [3.05, 3.63) is 28.8 Å². The van der Waals surface area contributed by atoms with Gasteiger partial charge in [-0.25, -0.2) is 4.21 Å². The van der Waals surface area contributed by atoms with Gasteiger partial charge in [-0.1, -0.05) is 11.6 Å². The molecule has 0 spiro atoms. The third-order valence-electron chi connectivity index (χ3n) is 1.45. The molecule has 0 fully saturated rings. The van der Waals surface area contributed by atoms with E-state index in [1.54, 1.807) is 0 Å². The van der Waals surface area contributed by atoms with Crippen LogP contribution in [0.4, 0.5) is 13.2 Å². The number of hydrogen-bond donors (Lipinski definition) is 1. The molecule has 1 rings (SSSR count). The molecule has 0 heterocycles. The molecule has 0 aliphatic heterocycles. The quantitative estimate of drug-likeness (QED) is 0.627. The zero-order valence-corrected chi connectivity index (χ0v) is 11.1. The second-order valence-electron chi connectivity index (χ2n) is 2.39. The van der Waals surface area contributed by atoms with Crippen molar-refractivity contribution in [3.63, 3.8) is 0 Å². The average molecular weight is 268 g/mol. The van der Waals surface area contributed by atoms with Gasteiger partial charge in [-0.2, -0.15) is 13.2 Å². The fourth-order valence-corrected chi connectivity index (χ4v) is 1.59. The molecular formula is C7H4ClF3NaO2S. The van der Waals surface area contributed by atoms with Crippen LogP contribution in [0.3, 0.4) is 0 Å². The minimum absolute atomic E-state index is 0. The maximum atomic E-state index is 12.1. The Morgan fingerprint density at radius 1 is 1.33 bits per heavy atom. The minimum atomic E-state index is -4.54. The third kappa shape index (κ3) is 4.05. The Balaban J connectivity index is 0.00000196. The van der Waals surface area contributed by atoms with Gasteiger partial charge in [-0.15, -0.1) is 0 Å². The van der Waals surface area contributed by atoms with Crippen molar-refractivity contribution in [2.45, 2.75) is 11.1 Å². The van der Waals surface area contributed by atoms with Crippen molar-refractivity contribution in [2.24, 2.45) is 0 Å². The van der Waals surface area contributed by atoms with Crippen LogP contribution in [0.5, 0.6) is 0 Å². The van der Waals surface area contributed by atoms with Gasteiger partial charge in [0.15, 0.2) is 11.1 Å². The van der Waals surface area contributed by atoms with Crippen molar-refractivity contribution in [1.29, 1.82) is 0 Å². The molecule has 0 aliphatic carbocycles. The molecule has 8 heteroatoms. The van der Waals surface area contributed by atoms with E-state index in [-0.39, 0.29) is 34.6 Å². The standard InChI is InChI=1S/C7H4ClF3O2S.Na/c8-5-2-1-4(7(9,10)11)3-6(5)14(12)13;/h1-3H,(H,12,13);. The van der Waals surface area contributed by atoms with Crippen LogP contribution in [0.1, 0.15) is 5.56 Å². The van der Waals surface area contributed by atoms with Crippen LogP contribution in [0.25, 0.3) is 0 Å². The minimum Gasteiger partial charge on any atom is -0.302 e. The number of rotatable bonds is 1. The van der Waals surface area contributed by atoms with Gasteiger partial charge in [-0.05, 0) is 18.2 Å². The molecule has 0 aliphatic rings. The zero-order valence-electron chi connectivity index (χ0n) is 7.51. The van der Waals surface area contributed by atoms with Crippen molar-refractivity contribution in [3.8, 4) is 0 Å². The van der Waals surface area contributed by atoms with Gasteiger partial charge in [0.25, 0.3) is 0 Å². The van der Waals surface area contributed by atoms with Gasteiger partial charge >= 0.3 is 6.18 Å². The molecule has 1 atom stereocenters. The van der Waals surface area contributed by atoms with Crippen LogP contribution < -0.4 is 0 Å². The summed E-state index contributed by atoms with van der Waals surface area (Å²) in [6.45, 7) is 0. The number of benzene rings is 1.